The van der Waals surface area contributed by atoms with Crippen molar-refractivity contribution >= 4 is 11.5 Å². The number of nitriles is 1. The number of ether oxygens (including phenoxy) is 1. The summed E-state index contributed by atoms with van der Waals surface area (Å²) in [6, 6.07) is 5.89. The molecule has 0 N–H and O–H groups in total. The van der Waals surface area contributed by atoms with Crippen LogP contribution >= 0.6 is 0 Å². The molecule has 0 saturated heterocycles. The molecule has 1 rings (SSSR count). The highest BCUT2D eigenvalue weighted by molar-refractivity contribution is 6.00. The number of Topliss-reactive ketones (excluding diaryl/α,β-unsaturated/α-hetero) is 1. The van der Waals surface area contributed by atoms with Crippen molar-refractivity contribution in [2.75, 3.05) is 7.11 Å². The number of benzene rings is 1. The van der Waals surface area contributed by atoms with Gasteiger partial charge in [0.1, 0.15) is 5.92 Å². The smallest absolute Gasteiger partial charge is 0.311 e. The standard InChI is InChI=1S/C13H14N2O4/c1-3-4-10(8-14)13(16)9-5-6-12(19-2)11(7-9)15(17)18/h5-7,10H,3-4H2,1-2H3. The summed E-state index contributed by atoms with van der Waals surface area (Å²) in [6.45, 7) is 1.87. The fourth-order valence-electron chi connectivity index (χ4n) is 1.73. The van der Waals surface area contributed by atoms with Crippen molar-refractivity contribution < 1.29 is 14.5 Å². The van der Waals surface area contributed by atoms with E-state index in [1.807, 2.05) is 13.0 Å². The van der Waals surface area contributed by atoms with E-state index in [1.54, 1.807) is 0 Å². The van der Waals surface area contributed by atoms with Crippen LogP contribution in [0.25, 0.3) is 0 Å². The van der Waals surface area contributed by atoms with Crippen LogP contribution < -0.4 is 4.74 Å². The molecule has 0 aromatic heterocycles. The third-order valence-corrected chi connectivity index (χ3v) is 2.71. The van der Waals surface area contributed by atoms with Gasteiger partial charge in [0.05, 0.1) is 18.1 Å². The molecule has 1 aromatic carbocycles. The van der Waals surface area contributed by atoms with E-state index >= 15 is 0 Å². The molecule has 0 bridgehead atoms. The van der Waals surface area contributed by atoms with Crippen LogP contribution in [0, 0.1) is 27.4 Å². The Morgan fingerprint density at radius 2 is 2.26 bits per heavy atom. The van der Waals surface area contributed by atoms with Gasteiger partial charge in [-0.1, -0.05) is 13.3 Å². The van der Waals surface area contributed by atoms with Crippen LogP contribution in [0.3, 0.4) is 0 Å². The molecule has 0 aliphatic heterocycles. The summed E-state index contributed by atoms with van der Waals surface area (Å²) in [5, 5.41) is 19.8. The summed E-state index contributed by atoms with van der Waals surface area (Å²) in [4.78, 5) is 22.3. The molecule has 1 unspecified atom stereocenters. The third kappa shape index (κ3) is 3.28. The molecule has 6 nitrogen and oxygen atoms in total. The molecule has 0 radical (unpaired) electrons. The Morgan fingerprint density at radius 3 is 2.74 bits per heavy atom. The zero-order valence-electron chi connectivity index (χ0n) is 10.8. The molecule has 0 aliphatic rings. The molecule has 0 fully saturated rings. The average Bonchev–Trinajstić information content (AvgIpc) is 2.43. The lowest BCUT2D eigenvalue weighted by Gasteiger charge is -2.08. The van der Waals surface area contributed by atoms with E-state index in [0.717, 1.165) is 6.07 Å². The highest BCUT2D eigenvalue weighted by Crippen LogP contribution is 2.28. The first-order chi connectivity index (χ1) is 9.04. The number of carbonyl (C=O) groups excluding carboxylic acids is 1. The molecule has 0 saturated carbocycles. The SMILES string of the molecule is CCCC(C#N)C(=O)c1ccc(OC)c([N+](=O)[O-])c1. The Balaban J connectivity index is 3.15. The molecule has 6 heteroatoms. The minimum absolute atomic E-state index is 0.0885. The van der Waals surface area contributed by atoms with E-state index in [1.165, 1.54) is 19.2 Å². The summed E-state index contributed by atoms with van der Waals surface area (Å²) >= 11 is 0. The Bertz CT molecular complexity index is 534. The van der Waals surface area contributed by atoms with Crippen LogP contribution in [0.15, 0.2) is 18.2 Å². The van der Waals surface area contributed by atoms with Gasteiger partial charge in [-0.2, -0.15) is 5.26 Å². The van der Waals surface area contributed by atoms with E-state index in [4.69, 9.17) is 10.00 Å². The van der Waals surface area contributed by atoms with Crippen LogP contribution in [0.5, 0.6) is 5.75 Å². The van der Waals surface area contributed by atoms with E-state index in [9.17, 15) is 14.9 Å². The van der Waals surface area contributed by atoms with Gasteiger partial charge in [0, 0.05) is 11.6 Å². The van der Waals surface area contributed by atoms with Crippen LogP contribution in [0.4, 0.5) is 5.69 Å². The second kappa shape index (κ2) is 6.50. The number of ketones is 1. The first kappa shape index (κ1) is 14.6. The van der Waals surface area contributed by atoms with Gasteiger partial charge in [-0.05, 0) is 18.6 Å². The largest absolute Gasteiger partial charge is 0.490 e. The monoisotopic (exact) mass is 262 g/mol. The highest BCUT2D eigenvalue weighted by Gasteiger charge is 2.23. The van der Waals surface area contributed by atoms with Gasteiger partial charge in [-0.3, -0.25) is 14.9 Å². The van der Waals surface area contributed by atoms with E-state index < -0.39 is 16.6 Å². The van der Waals surface area contributed by atoms with Crippen LogP contribution in [-0.2, 0) is 0 Å². The Morgan fingerprint density at radius 1 is 1.58 bits per heavy atom. The molecule has 0 amide bonds. The van der Waals surface area contributed by atoms with Gasteiger partial charge in [0.2, 0.25) is 0 Å². The molecule has 0 heterocycles. The maximum absolute atomic E-state index is 12.1. The van der Waals surface area contributed by atoms with Crippen LogP contribution in [-0.4, -0.2) is 17.8 Å². The van der Waals surface area contributed by atoms with Gasteiger partial charge >= 0.3 is 5.69 Å². The molecule has 1 atom stereocenters. The van der Waals surface area contributed by atoms with Gasteiger partial charge in [-0.25, -0.2) is 0 Å². The van der Waals surface area contributed by atoms with Crippen LogP contribution in [0.2, 0.25) is 0 Å². The first-order valence-electron chi connectivity index (χ1n) is 5.81. The first-order valence-corrected chi connectivity index (χ1v) is 5.81. The quantitative estimate of drug-likeness (QED) is 0.446. The number of nitrogens with zero attached hydrogens (tertiary/aromatic N) is 2. The Labute approximate surface area is 110 Å². The second-order valence-corrected chi connectivity index (χ2v) is 3.98. The molecule has 0 aliphatic carbocycles. The summed E-state index contributed by atoms with van der Waals surface area (Å²) in [5.74, 6) is -1.07. The highest BCUT2D eigenvalue weighted by atomic mass is 16.6. The topological polar surface area (TPSA) is 93.2 Å². The van der Waals surface area contributed by atoms with Crippen LogP contribution in [0.1, 0.15) is 30.1 Å². The van der Waals surface area contributed by atoms with Crippen molar-refractivity contribution in [2.24, 2.45) is 5.92 Å². The molecule has 19 heavy (non-hydrogen) atoms. The number of carbonyl (C=O) groups is 1. The number of hydrogen-bond donors (Lipinski definition) is 0. The van der Waals surface area contributed by atoms with Crippen molar-refractivity contribution in [1.82, 2.24) is 0 Å². The van der Waals surface area contributed by atoms with Gasteiger partial charge in [0.25, 0.3) is 0 Å². The second-order valence-electron chi connectivity index (χ2n) is 3.98. The summed E-state index contributed by atoms with van der Waals surface area (Å²) in [7, 11) is 1.32. The fourth-order valence-corrected chi connectivity index (χ4v) is 1.73. The predicted molar refractivity (Wildman–Crippen MR) is 68.0 cm³/mol. The van der Waals surface area contributed by atoms with Crippen molar-refractivity contribution in [3.63, 3.8) is 0 Å². The zero-order valence-corrected chi connectivity index (χ0v) is 10.8. The van der Waals surface area contributed by atoms with Gasteiger partial charge < -0.3 is 4.74 Å². The summed E-state index contributed by atoms with van der Waals surface area (Å²) in [5.41, 5.74) is -0.117. The lowest BCUT2D eigenvalue weighted by atomic mass is 9.94. The van der Waals surface area contributed by atoms with E-state index in [-0.39, 0.29) is 17.0 Å². The molecular formula is C13H14N2O4. The molecule has 100 valence electrons. The Kier molecular flexibility index (Phi) is 5.01. The normalized spacial score (nSPS) is 11.4. The lowest BCUT2D eigenvalue weighted by Crippen LogP contribution is -2.13. The van der Waals surface area contributed by atoms with E-state index in [0.29, 0.717) is 12.8 Å². The Hall–Kier alpha value is -2.42. The molecule has 0 spiro atoms. The molecular weight excluding hydrogens is 248 g/mol. The van der Waals surface area contributed by atoms with E-state index in [2.05, 4.69) is 0 Å². The maximum atomic E-state index is 12.1. The number of methoxy groups -OCH3 is 1. The van der Waals surface area contributed by atoms with Crippen molar-refractivity contribution in [3.8, 4) is 11.8 Å². The number of nitro benzene ring substituents is 1. The third-order valence-electron chi connectivity index (χ3n) is 2.71. The number of rotatable bonds is 6. The minimum Gasteiger partial charge on any atom is -0.490 e. The lowest BCUT2D eigenvalue weighted by molar-refractivity contribution is -0.385. The average molecular weight is 262 g/mol. The van der Waals surface area contributed by atoms with Gasteiger partial charge in [0.15, 0.2) is 11.5 Å². The predicted octanol–water partition coefficient (Wildman–Crippen LogP) is 2.73. The van der Waals surface area contributed by atoms with Crippen molar-refractivity contribution in [3.05, 3.63) is 33.9 Å². The fraction of sp³-hybridized carbons (Fsp3) is 0.385. The minimum atomic E-state index is -0.766. The summed E-state index contributed by atoms with van der Waals surface area (Å²) in [6.07, 6.45) is 1.14. The number of nitro groups is 1. The van der Waals surface area contributed by atoms with Gasteiger partial charge in [-0.15, -0.1) is 0 Å². The molecule has 1 aromatic rings. The summed E-state index contributed by atoms with van der Waals surface area (Å²) < 4.78 is 4.86. The van der Waals surface area contributed by atoms with Crippen molar-refractivity contribution in [2.45, 2.75) is 19.8 Å². The van der Waals surface area contributed by atoms with Crippen molar-refractivity contribution in [1.29, 1.82) is 5.26 Å². The maximum Gasteiger partial charge on any atom is 0.311 e. The zero-order chi connectivity index (χ0) is 14.4. The number of hydrogen-bond acceptors (Lipinski definition) is 5.